The standard InChI is InChI=1S/C34H50Si.4CH3.Hf/c1-19-17-29-21(3)25-11-9-13-27(25)23(5)31(29)33(19)35(15-7-8-16-35)34-20(2)18-30-22(4)26-12-10-14-28(26)24(6)32(30)34;;;;;/h19-20,29-34H,7-18H2,1-6H3;4*1H3;/q;4*-1;+4. The van der Waals surface area contributed by atoms with E-state index >= 15 is 0 Å². The van der Waals surface area contributed by atoms with Crippen LogP contribution in [0.25, 0.3) is 0 Å². The minimum Gasteiger partial charge on any atom is -0.358 e. The molecular formula is C38H62HfSi. The largest absolute Gasteiger partial charge is 4.00 e. The summed E-state index contributed by atoms with van der Waals surface area (Å²) in [7, 11) is -1.45. The first-order valence-electron chi connectivity index (χ1n) is 15.6. The molecule has 7 rings (SSSR count). The predicted molar refractivity (Wildman–Crippen MR) is 178 cm³/mol. The second kappa shape index (κ2) is 13.0. The predicted octanol–water partition coefficient (Wildman–Crippen LogP) is 12.0. The van der Waals surface area contributed by atoms with Gasteiger partial charge in [0.25, 0.3) is 0 Å². The van der Waals surface area contributed by atoms with Gasteiger partial charge in [0.2, 0.25) is 0 Å². The molecule has 40 heavy (non-hydrogen) atoms. The second-order valence-electron chi connectivity index (χ2n) is 14.5. The quantitative estimate of drug-likeness (QED) is 0.196. The molecule has 0 radical (unpaired) electrons. The molecule has 0 spiro atoms. The van der Waals surface area contributed by atoms with Crippen molar-refractivity contribution in [2.24, 2.45) is 35.5 Å². The van der Waals surface area contributed by atoms with Gasteiger partial charge in [0.15, 0.2) is 0 Å². The zero-order valence-corrected chi connectivity index (χ0v) is 32.7. The third kappa shape index (κ3) is 4.73. The average molecular weight is 725 g/mol. The number of fused-ring (bicyclic) bond motifs is 4. The van der Waals surface area contributed by atoms with Crippen LogP contribution in [0.4, 0.5) is 0 Å². The van der Waals surface area contributed by atoms with Crippen LogP contribution in [-0.4, -0.2) is 8.07 Å². The molecule has 0 nitrogen and oxygen atoms in total. The Bertz CT molecular complexity index is 999. The summed E-state index contributed by atoms with van der Waals surface area (Å²) in [6, 6.07) is 3.33. The minimum atomic E-state index is -1.45. The Kier molecular flexibility index (Phi) is 11.7. The summed E-state index contributed by atoms with van der Waals surface area (Å²) in [6.07, 6.45) is 14.5. The van der Waals surface area contributed by atoms with Gasteiger partial charge in [-0.25, -0.2) is 0 Å². The Hall–Kier alpha value is 0.0470. The summed E-state index contributed by atoms with van der Waals surface area (Å²) in [5.41, 5.74) is 17.0. The van der Waals surface area contributed by atoms with Crippen LogP contribution in [0.15, 0.2) is 44.6 Å². The van der Waals surface area contributed by atoms with Crippen molar-refractivity contribution in [3.63, 3.8) is 0 Å². The van der Waals surface area contributed by atoms with E-state index < -0.39 is 8.07 Å². The smallest absolute Gasteiger partial charge is 0.358 e. The van der Waals surface area contributed by atoms with Crippen LogP contribution in [0.2, 0.25) is 23.2 Å². The van der Waals surface area contributed by atoms with E-state index in [2.05, 4.69) is 41.5 Å². The first kappa shape index (κ1) is 36.2. The summed E-state index contributed by atoms with van der Waals surface area (Å²) in [4.78, 5) is 0. The van der Waals surface area contributed by atoms with E-state index in [4.69, 9.17) is 0 Å². The topological polar surface area (TPSA) is 0 Å². The average Bonchev–Trinajstić information content (AvgIpc) is 3.64. The van der Waals surface area contributed by atoms with Gasteiger partial charge in [-0.3, -0.25) is 0 Å². The van der Waals surface area contributed by atoms with Crippen LogP contribution in [0.1, 0.15) is 106 Å². The van der Waals surface area contributed by atoms with E-state index in [1.54, 1.807) is 24.9 Å². The van der Waals surface area contributed by atoms with E-state index in [0.29, 0.717) is 0 Å². The van der Waals surface area contributed by atoms with E-state index in [-0.39, 0.29) is 55.5 Å². The van der Waals surface area contributed by atoms with E-state index in [0.717, 1.165) is 46.6 Å². The van der Waals surface area contributed by atoms with Crippen molar-refractivity contribution in [3.8, 4) is 0 Å². The fourth-order valence-corrected chi connectivity index (χ4v) is 21.3. The second-order valence-corrected chi connectivity index (χ2v) is 19.3. The Balaban J connectivity index is 0.00000112. The fourth-order valence-electron chi connectivity index (χ4n) is 12.5. The molecule has 8 atom stereocenters. The third-order valence-corrected chi connectivity index (χ3v) is 20.5. The monoisotopic (exact) mass is 726 g/mol. The Labute approximate surface area is 271 Å². The molecule has 4 saturated carbocycles. The number of hydrogen-bond donors (Lipinski definition) is 0. The van der Waals surface area contributed by atoms with Crippen LogP contribution in [0.5, 0.6) is 0 Å². The summed E-state index contributed by atoms with van der Waals surface area (Å²) >= 11 is 0. The molecule has 0 bridgehead atoms. The first-order chi connectivity index (χ1) is 16.8. The van der Waals surface area contributed by atoms with Crippen LogP contribution >= 0.6 is 0 Å². The molecule has 7 aliphatic rings. The molecule has 2 heteroatoms. The van der Waals surface area contributed by atoms with Gasteiger partial charge in [0.1, 0.15) is 0 Å². The number of allylic oxidation sites excluding steroid dienone is 8. The summed E-state index contributed by atoms with van der Waals surface area (Å²) in [6.45, 7) is 15.8. The Morgan fingerprint density at radius 3 is 1.18 bits per heavy atom. The zero-order valence-electron chi connectivity index (χ0n) is 28.1. The van der Waals surface area contributed by atoms with E-state index in [1.165, 1.54) is 51.4 Å². The molecule has 1 aliphatic heterocycles. The van der Waals surface area contributed by atoms with Crippen molar-refractivity contribution in [1.29, 1.82) is 0 Å². The molecular weight excluding hydrogens is 663 g/mol. The van der Waals surface area contributed by atoms with Gasteiger partial charge in [-0.1, -0.05) is 61.1 Å². The van der Waals surface area contributed by atoms with Gasteiger partial charge in [-0.2, -0.15) is 0 Å². The molecule has 1 saturated heterocycles. The molecule has 8 unspecified atom stereocenters. The van der Waals surface area contributed by atoms with Gasteiger partial charge in [0, 0.05) is 0 Å². The van der Waals surface area contributed by atoms with Crippen LogP contribution in [0.3, 0.4) is 0 Å². The minimum absolute atomic E-state index is 0. The van der Waals surface area contributed by atoms with E-state index in [1.807, 2.05) is 44.6 Å². The van der Waals surface area contributed by atoms with Gasteiger partial charge in [-0.05, 0) is 148 Å². The van der Waals surface area contributed by atoms with Crippen molar-refractivity contribution in [3.05, 3.63) is 74.3 Å². The molecule has 0 aromatic carbocycles. The molecule has 222 valence electrons. The fraction of sp³-hybridized carbons (Fsp3) is 0.684. The van der Waals surface area contributed by atoms with Crippen molar-refractivity contribution in [2.45, 2.75) is 129 Å². The van der Waals surface area contributed by atoms with Gasteiger partial charge in [-0.15, -0.1) is 0 Å². The normalized spacial score (nSPS) is 38.9. The molecule has 0 aromatic heterocycles. The molecule has 0 aromatic rings. The molecule has 0 N–H and O–H groups in total. The van der Waals surface area contributed by atoms with Crippen LogP contribution in [0, 0.1) is 65.2 Å². The van der Waals surface area contributed by atoms with Gasteiger partial charge < -0.3 is 29.7 Å². The summed E-state index contributed by atoms with van der Waals surface area (Å²) < 4.78 is 0. The molecule has 6 aliphatic carbocycles. The van der Waals surface area contributed by atoms with Crippen molar-refractivity contribution in [2.75, 3.05) is 0 Å². The van der Waals surface area contributed by atoms with Crippen LogP contribution in [-0.2, 0) is 25.8 Å². The van der Waals surface area contributed by atoms with Crippen molar-refractivity contribution < 1.29 is 25.8 Å². The first-order valence-corrected chi connectivity index (χ1v) is 18.2. The van der Waals surface area contributed by atoms with Crippen molar-refractivity contribution in [1.82, 2.24) is 0 Å². The third-order valence-electron chi connectivity index (χ3n) is 13.4. The Morgan fingerprint density at radius 2 is 0.825 bits per heavy atom. The van der Waals surface area contributed by atoms with Gasteiger partial charge in [0.05, 0.1) is 8.07 Å². The van der Waals surface area contributed by atoms with Crippen molar-refractivity contribution >= 4 is 8.07 Å². The number of hydrogen-bond acceptors (Lipinski definition) is 0. The molecule has 0 amide bonds. The molecule has 5 fully saturated rings. The summed E-state index contributed by atoms with van der Waals surface area (Å²) in [5, 5.41) is 0. The van der Waals surface area contributed by atoms with E-state index in [9.17, 15) is 0 Å². The van der Waals surface area contributed by atoms with Gasteiger partial charge >= 0.3 is 25.8 Å². The Morgan fingerprint density at radius 1 is 0.500 bits per heavy atom. The molecule has 1 heterocycles. The zero-order chi connectivity index (χ0) is 24.2. The summed E-state index contributed by atoms with van der Waals surface area (Å²) in [5.74, 6) is 5.49. The SMILES string of the molecule is CC1=C2CCCC2=C(C)C2C1CC(C)C2[Si]1(C2C(C)CC3C(C)=C4CCCC4=C(C)C32)CCCC1.[CH3-].[CH3-].[CH3-].[CH3-].[Hf+4]. The maximum Gasteiger partial charge on any atom is 4.00 e. The maximum absolute atomic E-state index is 2.73. The number of rotatable bonds is 2. The van der Waals surface area contributed by atoms with Crippen LogP contribution < -0.4 is 0 Å². The maximum atomic E-state index is 2.73.